The van der Waals surface area contributed by atoms with E-state index >= 15 is 0 Å². The summed E-state index contributed by atoms with van der Waals surface area (Å²) in [5.41, 5.74) is 3.90. The largest absolute Gasteiger partial charge is 0.371 e. The lowest BCUT2D eigenvalue weighted by Crippen LogP contribution is -2.42. The molecule has 1 N–H and O–H groups in total. The fraction of sp³-hybridized carbons (Fsp3) is 0.412. The summed E-state index contributed by atoms with van der Waals surface area (Å²) < 4.78 is 0. The van der Waals surface area contributed by atoms with E-state index in [0.717, 1.165) is 19.6 Å². The van der Waals surface area contributed by atoms with Crippen LogP contribution in [0.4, 0.5) is 5.69 Å². The van der Waals surface area contributed by atoms with Crippen LogP contribution in [-0.2, 0) is 6.54 Å². The normalized spacial score (nSPS) is 16.1. The molecule has 0 saturated carbocycles. The van der Waals surface area contributed by atoms with Crippen LogP contribution in [0.2, 0.25) is 0 Å². The number of nitrogens with one attached hydrogen (secondary N) is 1. The SMILES string of the molecule is Cc1ccncc1CNC1CCN(c2ccncc2)CC1. The number of hydrogen-bond donors (Lipinski definition) is 1. The van der Waals surface area contributed by atoms with Crippen molar-refractivity contribution >= 4 is 5.69 Å². The Bertz CT molecular complexity index is 562. The fourth-order valence-electron chi connectivity index (χ4n) is 2.83. The quantitative estimate of drug-likeness (QED) is 0.935. The van der Waals surface area contributed by atoms with Gasteiger partial charge in [0.1, 0.15) is 0 Å². The summed E-state index contributed by atoms with van der Waals surface area (Å²) in [7, 11) is 0. The first kappa shape index (κ1) is 14.0. The van der Waals surface area contributed by atoms with Crippen LogP contribution in [-0.4, -0.2) is 29.1 Å². The third kappa shape index (κ3) is 3.58. The van der Waals surface area contributed by atoms with Crippen molar-refractivity contribution in [2.24, 2.45) is 0 Å². The molecule has 0 bridgehead atoms. The lowest BCUT2D eigenvalue weighted by atomic mass is 10.0. The van der Waals surface area contributed by atoms with Crippen molar-refractivity contribution in [3.63, 3.8) is 0 Å². The molecule has 3 rings (SSSR count). The standard InChI is InChI=1S/C17H22N4/c1-14-2-7-19-12-15(14)13-20-16-5-10-21(11-6-16)17-3-8-18-9-4-17/h2-4,7-9,12,16,20H,5-6,10-11,13H2,1H3. The molecule has 0 atom stereocenters. The Kier molecular flexibility index (Phi) is 4.46. The van der Waals surface area contributed by atoms with E-state index in [9.17, 15) is 0 Å². The summed E-state index contributed by atoms with van der Waals surface area (Å²) >= 11 is 0. The van der Waals surface area contributed by atoms with Gasteiger partial charge in [0.2, 0.25) is 0 Å². The van der Waals surface area contributed by atoms with Gasteiger partial charge in [-0.3, -0.25) is 9.97 Å². The highest BCUT2D eigenvalue weighted by molar-refractivity contribution is 5.44. The monoisotopic (exact) mass is 282 g/mol. The average Bonchev–Trinajstić information content (AvgIpc) is 2.55. The predicted molar refractivity (Wildman–Crippen MR) is 85.3 cm³/mol. The number of rotatable bonds is 4. The molecule has 0 aromatic carbocycles. The molecule has 0 spiro atoms. The average molecular weight is 282 g/mol. The molecule has 3 heterocycles. The van der Waals surface area contributed by atoms with Gasteiger partial charge in [-0.05, 0) is 49.1 Å². The molecule has 1 aliphatic heterocycles. The number of anilines is 1. The van der Waals surface area contributed by atoms with Crippen LogP contribution in [0.5, 0.6) is 0 Å². The molecular formula is C17H22N4. The maximum atomic E-state index is 4.21. The van der Waals surface area contributed by atoms with E-state index < -0.39 is 0 Å². The van der Waals surface area contributed by atoms with Crippen molar-refractivity contribution in [2.45, 2.75) is 32.4 Å². The van der Waals surface area contributed by atoms with Gasteiger partial charge >= 0.3 is 0 Å². The van der Waals surface area contributed by atoms with Gasteiger partial charge in [0.25, 0.3) is 0 Å². The van der Waals surface area contributed by atoms with Crippen molar-refractivity contribution in [2.75, 3.05) is 18.0 Å². The molecule has 21 heavy (non-hydrogen) atoms. The molecule has 1 fully saturated rings. The molecule has 4 nitrogen and oxygen atoms in total. The number of hydrogen-bond acceptors (Lipinski definition) is 4. The fourth-order valence-corrected chi connectivity index (χ4v) is 2.83. The van der Waals surface area contributed by atoms with Crippen molar-refractivity contribution < 1.29 is 0 Å². The second-order valence-electron chi connectivity index (χ2n) is 5.65. The number of aromatic nitrogens is 2. The van der Waals surface area contributed by atoms with Gasteiger partial charge in [0.15, 0.2) is 0 Å². The highest BCUT2D eigenvalue weighted by Crippen LogP contribution is 2.19. The summed E-state index contributed by atoms with van der Waals surface area (Å²) in [6.45, 7) is 5.27. The number of aryl methyl sites for hydroxylation is 1. The van der Waals surface area contributed by atoms with Crippen molar-refractivity contribution in [3.05, 3.63) is 54.1 Å². The van der Waals surface area contributed by atoms with E-state index in [0.29, 0.717) is 6.04 Å². The van der Waals surface area contributed by atoms with Gasteiger partial charge in [-0.25, -0.2) is 0 Å². The molecule has 0 amide bonds. The van der Waals surface area contributed by atoms with Gasteiger partial charge in [-0.2, -0.15) is 0 Å². The third-order valence-corrected chi connectivity index (χ3v) is 4.25. The minimum Gasteiger partial charge on any atom is -0.371 e. The van der Waals surface area contributed by atoms with E-state index in [-0.39, 0.29) is 0 Å². The highest BCUT2D eigenvalue weighted by atomic mass is 15.1. The minimum absolute atomic E-state index is 0.600. The maximum Gasteiger partial charge on any atom is 0.0397 e. The first-order chi connectivity index (χ1) is 10.3. The van der Waals surface area contributed by atoms with Crippen LogP contribution >= 0.6 is 0 Å². The molecule has 1 saturated heterocycles. The first-order valence-corrected chi connectivity index (χ1v) is 7.61. The number of piperidine rings is 1. The zero-order valence-electron chi connectivity index (χ0n) is 12.5. The van der Waals surface area contributed by atoms with Crippen LogP contribution in [0.25, 0.3) is 0 Å². The highest BCUT2D eigenvalue weighted by Gasteiger charge is 2.18. The van der Waals surface area contributed by atoms with Gasteiger partial charge in [0, 0.05) is 56.2 Å². The lowest BCUT2D eigenvalue weighted by molar-refractivity contribution is 0.413. The van der Waals surface area contributed by atoms with Crippen LogP contribution in [0.15, 0.2) is 43.0 Å². The molecule has 1 aliphatic rings. The Morgan fingerprint density at radius 3 is 2.52 bits per heavy atom. The van der Waals surface area contributed by atoms with Crippen LogP contribution in [0, 0.1) is 6.92 Å². The zero-order valence-corrected chi connectivity index (χ0v) is 12.5. The Hall–Kier alpha value is -1.94. The Balaban J connectivity index is 1.49. The number of pyridine rings is 2. The van der Waals surface area contributed by atoms with Crippen molar-refractivity contribution in [1.29, 1.82) is 0 Å². The van der Waals surface area contributed by atoms with Gasteiger partial charge in [0.05, 0.1) is 0 Å². The molecule has 2 aromatic heterocycles. The van der Waals surface area contributed by atoms with E-state index in [1.54, 1.807) is 0 Å². The molecule has 0 radical (unpaired) electrons. The Morgan fingerprint density at radius 2 is 1.81 bits per heavy atom. The van der Waals surface area contributed by atoms with Crippen LogP contribution in [0.1, 0.15) is 24.0 Å². The minimum atomic E-state index is 0.600. The van der Waals surface area contributed by atoms with Gasteiger partial charge in [-0.15, -0.1) is 0 Å². The summed E-state index contributed by atoms with van der Waals surface area (Å²) in [6.07, 6.45) is 9.92. The van der Waals surface area contributed by atoms with Crippen LogP contribution in [0.3, 0.4) is 0 Å². The second kappa shape index (κ2) is 6.68. The lowest BCUT2D eigenvalue weighted by Gasteiger charge is -2.34. The predicted octanol–water partition coefficient (Wildman–Crippen LogP) is 2.54. The van der Waals surface area contributed by atoms with E-state index in [4.69, 9.17) is 0 Å². The van der Waals surface area contributed by atoms with Crippen molar-refractivity contribution in [3.8, 4) is 0 Å². The van der Waals surface area contributed by atoms with E-state index in [1.807, 2.05) is 24.8 Å². The zero-order chi connectivity index (χ0) is 14.5. The first-order valence-electron chi connectivity index (χ1n) is 7.61. The Morgan fingerprint density at radius 1 is 1.10 bits per heavy atom. The summed E-state index contributed by atoms with van der Waals surface area (Å²) in [5.74, 6) is 0. The van der Waals surface area contributed by atoms with Crippen LogP contribution < -0.4 is 10.2 Å². The number of nitrogens with zero attached hydrogens (tertiary/aromatic N) is 3. The van der Waals surface area contributed by atoms with Gasteiger partial charge < -0.3 is 10.2 Å². The molecule has 0 unspecified atom stereocenters. The molecule has 0 aliphatic carbocycles. The topological polar surface area (TPSA) is 41.1 Å². The van der Waals surface area contributed by atoms with E-state index in [1.165, 1.54) is 29.7 Å². The maximum absolute atomic E-state index is 4.21. The molecule has 2 aromatic rings. The third-order valence-electron chi connectivity index (χ3n) is 4.25. The van der Waals surface area contributed by atoms with E-state index in [2.05, 4.69) is 45.3 Å². The van der Waals surface area contributed by atoms with Crippen molar-refractivity contribution in [1.82, 2.24) is 15.3 Å². The summed E-state index contributed by atoms with van der Waals surface area (Å²) in [6, 6.07) is 6.85. The summed E-state index contributed by atoms with van der Waals surface area (Å²) in [4.78, 5) is 10.7. The molecule has 4 heteroatoms. The van der Waals surface area contributed by atoms with Gasteiger partial charge in [-0.1, -0.05) is 0 Å². The summed E-state index contributed by atoms with van der Waals surface area (Å²) in [5, 5.41) is 3.67. The Labute approximate surface area is 126 Å². The second-order valence-corrected chi connectivity index (χ2v) is 5.65. The molecular weight excluding hydrogens is 260 g/mol. The smallest absolute Gasteiger partial charge is 0.0397 e. The molecule has 110 valence electrons.